The first kappa shape index (κ1) is 15.1. The third-order valence-electron chi connectivity index (χ3n) is 3.17. The summed E-state index contributed by atoms with van der Waals surface area (Å²) in [5.41, 5.74) is 1.18. The van der Waals surface area contributed by atoms with Crippen LogP contribution in [0.1, 0.15) is 31.9 Å². The molecule has 112 valence electrons. The smallest absolute Gasteiger partial charge is 0.224 e. The molecular formula is C16H22N4O. The summed E-state index contributed by atoms with van der Waals surface area (Å²) in [7, 11) is 1.67. The molecule has 0 amide bonds. The van der Waals surface area contributed by atoms with Gasteiger partial charge in [0.2, 0.25) is 5.95 Å². The van der Waals surface area contributed by atoms with Crippen molar-refractivity contribution in [3.05, 3.63) is 42.1 Å². The van der Waals surface area contributed by atoms with Gasteiger partial charge in [-0.15, -0.1) is 0 Å². The highest BCUT2D eigenvalue weighted by Crippen LogP contribution is 2.20. The zero-order valence-corrected chi connectivity index (χ0v) is 12.8. The number of methoxy groups -OCH3 is 1. The number of benzene rings is 1. The zero-order chi connectivity index (χ0) is 15.1. The SMILES string of the molecule is CCCNc1nccc(NC(C)c2ccc(OC)cc2)n1. The predicted molar refractivity (Wildman–Crippen MR) is 85.8 cm³/mol. The lowest BCUT2D eigenvalue weighted by molar-refractivity contribution is 0.414. The van der Waals surface area contributed by atoms with Crippen LogP contribution < -0.4 is 15.4 Å². The second-order valence-corrected chi connectivity index (χ2v) is 4.83. The Balaban J connectivity index is 2.02. The van der Waals surface area contributed by atoms with Crippen LogP contribution in [-0.2, 0) is 0 Å². The molecule has 5 nitrogen and oxygen atoms in total. The molecule has 21 heavy (non-hydrogen) atoms. The normalized spacial score (nSPS) is 11.8. The van der Waals surface area contributed by atoms with Crippen LogP contribution in [0.5, 0.6) is 5.75 Å². The molecule has 5 heteroatoms. The lowest BCUT2D eigenvalue weighted by Crippen LogP contribution is -2.10. The Hall–Kier alpha value is -2.30. The molecule has 0 aliphatic heterocycles. The van der Waals surface area contributed by atoms with Crippen molar-refractivity contribution in [1.82, 2.24) is 9.97 Å². The summed E-state index contributed by atoms with van der Waals surface area (Å²) in [6.45, 7) is 5.08. The number of hydrogen-bond donors (Lipinski definition) is 2. The van der Waals surface area contributed by atoms with Crippen molar-refractivity contribution in [2.45, 2.75) is 26.3 Å². The zero-order valence-electron chi connectivity index (χ0n) is 12.8. The number of hydrogen-bond acceptors (Lipinski definition) is 5. The topological polar surface area (TPSA) is 59.1 Å². The van der Waals surface area contributed by atoms with Crippen LogP contribution in [0.2, 0.25) is 0 Å². The van der Waals surface area contributed by atoms with Crippen molar-refractivity contribution >= 4 is 11.8 Å². The Labute approximate surface area is 125 Å². The number of ether oxygens (including phenoxy) is 1. The van der Waals surface area contributed by atoms with Gasteiger partial charge in [0, 0.05) is 18.8 Å². The molecule has 0 spiro atoms. The number of nitrogens with one attached hydrogen (secondary N) is 2. The van der Waals surface area contributed by atoms with Crippen LogP contribution in [-0.4, -0.2) is 23.6 Å². The maximum absolute atomic E-state index is 5.17. The molecule has 1 atom stereocenters. The Morgan fingerprint density at radius 2 is 1.95 bits per heavy atom. The summed E-state index contributed by atoms with van der Waals surface area (Å²) in [6.07, 6.45) is 2.80. The minimum absolute atomic E-state index is 0.157. The van der Waals surface area contributed by atoms with Gasteiger partial charge in [0.15, 0.2) is 0 Å². The summed E-state index contributed by atoms with van der Waals surface area (Å²) in [5.74, 6) is 2.33. The molecule has 1 aromatic carbocycles. The summed E-state index contributed by atoms with van der Waals surface area (Å²) in [6, 6.07) is 10.0. The Morgan fingerprint density at radius 1 is 1.19 bits per heavy atom. The minimum atomic E-state index is 0.157. The van der Waals surface area contributed by atoms with Crippen molar-refractivity contribution in [3.8, 4) is 5.75 Å². The largest absolute Gasteiger partial charge is 0.497 e. The van der Waals surface area contributed by atoms with Crippen molar-refractivity contribution in [2.75, 3.05) is 24.3 Å². The van der Waals surface area contributed by atoms with Gasteiger partial charge in [-0.3, -0.25) is 0 Å². The van der Waals surface area contributed by atoms with Gasteiger partial charge in [0.05, 0.1) is 7.11 Å². The van der Waals surface area contributed by atoms with E-state index < -0.39 is 0 Å². The maximum atomic E-state index is 5.17. The van der Waals surface area contributed by atoms with E-state index in [0.717, 1.165) is 24.5 Å². The molecule has 0 saturated carbocycles. The molecule has 0 aliphatic rings. The highest BCUT2D eigenvalue weighted by molar-refractivity contribution is 5.42. The summed E-state index contributed by atoms with van der Waals surface area (Å²) in [5, 5.41) is 6.56. The molecule has 1 heterocycles. The van der Waals surface area contributed by atoms with Gasteiger partial charge < -0.3 is 15.4 Å². The van der Waals surface area contributed by atoms with Gasteiger partial charge >= 0.3 is 0 Å². The molecule has 2 rings (SSSR count). The second kappa shape index (κ2) is 7.47. The van der Waals surface area contributed by atoms with Gasteiger partial charge in [-0.2, -0.15) is 4.98 Å². The van der Waals surface area contributed by atoms with Gasteiger partial charge in [-0.05, 0) is 37.1 Å². The summed E-state index contributed by atoms with van der Waals surface area (Å²) >= 11 is 0. The van der Waals surface area contributed by atoms with E-state index in [4.69, 9.17) is 4.74 Å². The molecule has 2 N–H and O–H groups in total. The molecule has 2 aromatic rings. The van der Waals surface area contributed by atoms with Crippen LogP contribution in [0.3, 0.4) is 0 Å². The summed E-state index contributed by atoms with van der Waals surface area (Å²) < 4.78 is 5.17. The second-order valence-electron chi connectivity index (χ2n) is 4.83. The van der Waals surface area contributed by atoms with Crippen molar-refractivity contribution in [1.29, 1.82) is 0 Å². The lowest BCUT2D eigenvalue weighted by atomic mass is 10.1. The molecular weight excluding hydrogens is 264 g/mol. The third kappa shape index (κ3) is 4.34. The van der Waals surface area contributed by atoms with Crippen molar-refractivity contribution in [3.63, 3.8) is 0 Å². The van der Waals surface area contributed by atoms with Crippen molar-refractivity contribution < 1.29 is 4.74 Å². The van der Waals surface area contributed by atoms with Crippen LogP contribution in [0.15, 0.2) is 36.5 Å². The Kier molecular flexibility index (Phi) is 5.37. The lowest BCUT2D eigenvalue weighted by Gasteiger charge is -2.15. The fraction of sp³-hybridized carbons (Fsp3) is 0.375. The van der Waals surface area contributed by atoms with E-state index in [1.807, 2.05) is 30.3 Å². The Morgan fingerprint density at radius 3 is 2.62 bits per heavy atom. The first-order valence-electron chi connectivity index (χ1n) is 7.20. The van der Waals surface area contributed by atoms with Crippen LogP contribution >= 0.6 is 0 Å². The van der Waals surface area contributed by atoms with Crippen LogP contribution in [0, 0.1) is 0 Å². The molecule has 0 radical (unpaired) electrons. The van der Waals surface area contributed by atoms with E-state index >= 15 is 0 Å². The predicted octanol–water partition coefficient (Wildman–Crippen LogP) is 3.48. The monoisotopic (exact) mass is 286 g/mol. The van der Waals surface area contributed by atoms with Gasteiger partial charge in [0.1, 0.15) is 11.6 Å². The first-order valence-corrected chi connectivity index (χ1v) is 7.20. The Bertz CT molecular complexity index is 556. The summed E-state index contributed by atoms with van der Waals surface area (Å²) in [4.78, 5) is 8.65. The fourth-order valence-electron chi connectivity index (χ4n) is 1.96. The van der Waals surface area contributed by atoms with Crippen LogP contribution in [0.25, 0.3) is 0 Å². The third-order valence-corrected chi connectivity index (χ3v) is 3.17. The highest BCUT2D eigenvalue weighted by atomic mass is 16.5. The van der Waals surface area contributed by atoms with E-state index in [9.17, 15) is 0 Å². The quantitative estimate of drug-likeness (QED) is 0.816. The average Bonchev–Trinajstić information content (AvgIpc) is 2.53. The van der Waals surface area contributed by atoms with Gasteiger partial charge in [0.25, 0.3) is 0 Å². The minimum Gasteiger partial charge on any atom is -0.497 e. The van der Waals surface area contributed by atoms with Gasteiger partial charge in [-0.25, -0.2) is 4.98 Å². The molecule has 1 aromatic heterocycles. The standard InChI is InChI=1S/C16H22N4O/c1-4-10-17-16-18-11-9-15(20-16)19-12(2)13-5-7-14(21-3)8-6-13/h5-9,11-12H,4,10H2,1-3H3,(H2,17,18,19,20). The average molecular weight is 286 g/mol. The maximum Gasteiger partial charge on any atom is 0.224 e. The molecule has 0 bridgehead atoms. The molecule has 0 fully saturated rings. The van der Waals surface area contributed by atoms with E-state index in [2.05, 4.69) is 34.4 Å². The molecule has 1 unspecified atom stereocenters. The van der Waals surface area contributed by atoms with E-state index in [0.29, 0.717) is 5.95 Å². The fourth-order valence-corrected chi connectivity index (χ4v) is 1.96. The van der Waals surface area contributed by atoms with E-state index in [1.54, 1.807) is 13.3 Å². The number of rotatable bonds is 7. The number of anilines is 2. The van der Waals surface area contributed by atoms with Crippen LogP contribution in [0.4, 0.5) is 11.8 Å². The van der Waals surface area contributed by atoms with E-state index in [1.165, 1.54) is 5.56 Å². The van der Waals surface area contributed by atoms with Gasteiger partial charge in [-0.1, -0.05) is 19.1 Å². The van der Waals surface area contributed by atoms with E-state index in [-0.39, 0.29) is 6.04 Å². The molecule has 0 aliphatic carbocycles. The molecule has 0 saturated heterocycles. The number of nitrogens with zero attached hydrogens (tertiary/aromatic N) is 2. The number of aromatic nitrogens is 2. The van der Waals surface area contributed by atoms with Crippen molar-refractivity contribution in [2.24, 2.45) is 0 Å². The first-order chi connectivity index (χ1) is 10.2. The highest BCUT2D eigenvalue weighted by Gasteiger charge is 2.07.